The fourth-order valence-electron chi connectivity index (χ4n) is 2.47. The van der Waals surface area contributed by atoms with Crippen LogP contribution in [0.15, 0.2) is 24.3 Å². The lowest BCUT2D eigenvalue weighted by atomic mass is 10.3. The number of para-hydroxylation sites is 2. The van der Waals surface area contributed by atoms with E-state index in [1.165, 1.54) is 0 Å². The lowest BCUT2D eigenvalue weighted by Gasteiger charge is -2.14. The zero-order valence-electron chi connectivity index (χ0n) is 10.7. The minimum Gasteiger partial charge on any atom is -0.425 e. The molecule has 1 aromatic heterocycles. The number of likely N-dealkylation sites (tertiary alicyclic amines) is 1. The number of hydrogen-bond acceptors (Lipinski definition) is 5. The van der Waals surface area contributed by atoms with Crippen molar-refractivity contribution in [3.8, 4) is 0 Å². The highest BCUT2D eigenvalue weighted by Gasteiger charge is 2.19. The predicted octanol–water partition coefficient (Wildman–Crippen LogP) is 0.752. The summed E-state index contributed by atoms with van der Waals surface area (Å²) in [4.78, 5) is 6.52. The molecule has 0 bridgehead atoms. The van der Waals surface area contributed by atoms with Crippen molar-refractivity contribution in [3.63, 3.8) is 0 Å². The van der Waals surface area contributed by atoms with Crippen LogP contribution in [-0.4, -0.2) is 57.2 Å². The van der Waals surface area contributed by atoms with Crippen LogP contribution in [0.5, 0.6) is 0 Å². The molecule has 6 heteroatoms. The van der Waals surface area contributed by atoms with Crippen LogP contribution < -0.4 is 5.32 Å². The van der Waals surface area contributed by atoms with Crippen LogP contribution in [0, 0.1) is 0 Å². The van der Waals surface area contributed by atoms with Gasteiger partial charge in [-0.1, -0.05) is 12.1 Å². The molecule has 1 atom stereocenters. The molecule has 0 saturated carbocycles. The third-order valence-corrected chi connectivity index (χ3v) is 3.50. The zero-order valence-corrected chi connectivity index (χ0v) is 10.7. The largest absolute Gasteiger partial charge is 0.425 e. The number of benzene rings is 1. The standard InChI is InChI=1S/C13H18N4O2/c18-10-5-7-16(9-10)8-6-14-13-15-11-3-1-2-4-12(11)17(13)19/h1-4,10,18-19H,5-9H2,(H,14,15). The molecule has 3 N–H and O–H groups in total. The third-order valence-electron chi connectivity index (χ3n) is 3.50. The second-order valence-electron chi connectivity index (χ2n) is 4.91. The van der Waals surface area contributed by atoms with Gasteiger partial charge in [0.05, 0.1) is 11.6 Å². The van der Waals surface area contributed by atoms with Crippen molar-refractivity contribution >= 4 is 17.0 Å². The Balaban J connectivity index is 1.61. The Morgan fingerprint density at radius 2 is 2.21 bits per heavy atom. The van der Waals surface area contributed by atoms with E-state index in [9.17, 15) is 10.3 Å². The summed E-state index contributed by atoms with van der Waals surface area (Å²) < 4.78 is 1.08. The van der Waals surface area contributed by atoms with Gasteiger partial charge in [0.2, 0.25) is 5.95 Å². The number of rotatable bonds is 4. The maximum Gasteiger partial charge on any atom is 0.237 e. The Morgan fingerprint density at radius 3 is 2.95 bits per heavy atom. The van der Waals surface area contributed by atoms with Crippen molar-refractivity contribution in [3.05, 3.63) is 24.3 Å². The molecule has 0 amide bonds. The Bertz CT molecular complexity index is 569. The number of fused-ring (bicyclic) bond motifs is 1. The van der Waals surface area contributed by atoms with Crippen molar-refractivity contribution in [1.82, 2.24) is 14.6 Å². The van der Waals surface area contributed by atoms with E-state index in [4.69, 9.17) is 0 Å². The molecule has 1 aromatic carbocycles. The molecule has 0 spiro atoms. The van der Waals surface area contributed by atoms with E-state index in [1.807, 2.05) is 24.3 Å². The molecular weight excluding hydrogens is 244 g/mol. The van der Waals surface area contributed by atoms with Crippen LogP contribution in [0.2, 0.25) is 0 Å². The summed E-state index contributed by atoms with van der Waals surface area (Å²) in [6.45, 7) is 3.19. The van der Waals surface area contributed by atoms with Crippen molar-refractivity contribution < 1.29 is 10.3 Å². The summed E-state index contributed by atoms with van der Waals surface area (Å²) >= 11 is 0. The van der Waals surface area contributed by atoms with Gasteiger partial charge in [0.1, 0.15) is 5.52 Å². The smallest absolute Gasteiger partial charge is 0.237 e. The first-order valence-corrected chi connectivity index (χ1v) is 6.55. The minimum absolute atomic E-state index is 0.192. The van der Waals surface area contributed by atoms with Gasteiger partial charge in [-0.05, 0) is 18.6 Å². The van der Waals surface area contributed by atoms with Crippen LogP contribution in [0.25, 0.3) is 11.0 Å². The molecule has 1 fully saturated rings. The molecule has 6 nitrogen and oxygen atoms in total. The fraction of sp³-hybridized carbons (Fsp3) is 0.462. The Hall–Kier alpha value is -1.79. The molecule has 1 saturated heterocycles. The molecule has 2 aromatic rings. The summed E-state index contributed by atoms with van der Waals surface area (Å²) in [6, 6.07) is 7.45. The quantitative estimate of drug-likeness (QED) is 0.709. The number of aromatic nitrogens is 2. The maximum absolute atomic E-state index is 9.96. The van der Waals surface area contributed by atoms with Crippen LogP contribution in [-0.2, 0) is 0 Å². The fourth-order valence-corrected chi connectivity index (χ4v) is 2.47. The second kappa shape index (κ2) is 5.07. The maximum atomic E-state index is 9.96. The van der Waals surface area contributed by atoms with E-state index < -0.39 is 0 Å². The van der Waals surface area contributed by atoms with Gasteiger partial charge >= 0.3 is 0 Å². The molecule has 1 aliphatic rings. The molecule has 0 radical (unpaired) electrons. The third kappa shape index (κ3) is 2.50. The first-order chi connectivity index (χ1) is 9.24. The number of imidazole rings is 1. The van der Waals surface area contributed by atoms with E-state index in [0.29, 0.717) is 18.0 Å². The van der Waals surface area contributed by atoms with E-state index >= 15 is 0 Å². The predicted molar refractivity (Wildman–Crippen MR) is 72.5 cm³/mol. The zero-order chi connectivity index (χ0) is 13.2. The minimum atomic E-state index is -0.192. The van der Waals surface area contributed by atoms with Gasteiger partial charge in [-0.3, -0.25) is 4.90 Å². The van der Waals surface area contributed by atoms with Gasteiger partial charge in [-0.25, -0.2) is 4.98 Å². The van der Waals surface area contributed by atoms with E-state index in [0.717, 1.165) is 36.3 Å². The number of β-amino-alcohol motifs (C(OH)–C–C–N with tert-alkyl or cyclic N) is 1. The van der Waals surface area contributed by atoms with Crippen molar-refractivity contribution in [2.75, 3.05) is 31.5 Å². The molecule has 19 heavy (non-hydrogen) atoms. The lowest BCUT2D eigenvalue weighted by Crippen LogP contribution is -2.28. The number of nitrogens with one attached hydrogen (secondary N) is 1. The molecule has 1 aliphatic heterocycles. The summed E-state index contributed by atoms with van der Waals surface area (Å²) in [5.74, 6) is 0.459. The van der Waals surface area contributed by atoms with Crippen LogP contribution in [0.3, 0.4) is 0 Å². The van der Waals surface area contributed by atoms with Gasteiger partial charge in [-0.15, -0.1) is 4.73 Å². The number of aliphatic hydroxyl groups excluding tert-OH is 1. The summed E-state index contributed by atoms with van der Waals surface area (Å²) in [6.07, 6.45) is 0.654. The van der Waals surface area contributed by atoms with Gasteiger partial charge in [0, 0.05) is 26.2 Å². The average molecular weight is 262 g/mol. The Labute approximate surface area is 111 Å². The topological polar surface area (TPSA) is 73.5 Å². The van der Waals surface area contributed by atoms with Crippen molar-refractivity contribution in [2.24, 2.45) is 0 Å². The highest BCUT2D eigenvalue weighted by Crippen LogP contribution is 2.17. The monoisotopic (exact) mass is 262 g/mol. The lowest BCUT2D eigenvalue weighted by molar-refractivity contribution is 0.177. The van der Waals surface area contributed by atoms with Gasteiger partial charge in [-0.2, -0.15) is 0 Å². The number of aliphatic hydroxyl groups is 1. The number of hydrogen-bond donors (Lipinski definition) is 3. The van der Waals surface area contributed by atoms with E-state index in [1.54, 1.807) is 0 Å². The van der Waals surface area contributed by atoms with Crippen LogP contribution in [0.1, 0.15) is 6.42 Å². The Morgan fingerprint density at radius 1 is 1.37 bits per heavy atom. The first-order valence-electron chi connectivity index (χ1n) is 6.55. The molecule has 102 valence electrons. The summed E-state index contributed by atoms with van der Waals surface area (Å²) in [5, 5.41) is 22.5. The van der Waals surface area contributed by atoms with Crippen LogP contribution in [0.4, 0.5) is 5.95 Å². The highest BCUT2D eigenvalue weighted by molar-refractivity contribution is 5.77. The highest BCUT2D eigenvalue weighted by atomic mass is 16.5. The van der Waals surface area contributed by atoms with Gasteiger partial charge in [0.25, 0.3) is 0 Å². The normalized spacial score (nSPS) is 20.2. The number of nitrogens with zero attached hydrogens (tertiary/aromatic N) is 3. The molecule has 3 rings (SSSR count). The second-order valence-corrected chi connectivity index (χ2v) is 4.91. The van der Waals surface area contributed by atoms with Crippen molar-refractivity contribution in [2.45, 2.75) is 12.5 Å². The molecule has 0 aliphatic carbocycles. The van der Waals surface area contributed by atoms with Gasteiger partial charge in [0.15, 0.2) is 0 Å². The average Bonchev–Trinajstić information content (AvgIpc) is 2.96. The Kier molecular flexibility index (Phi) is 3.27. The summed E-state index contributed by atoms with van der Waals surface area (Å²) in [5.41, 5.74) is 1.46. The molecule has 2 heterocycles. The van der Waals surface area contributed by atoms with Crippen molar-refractivity contribution in [1.29, 1.82) is 0 Å². The van der Waals surface area contributed by atoms with E-state index in [-0.39, 0.29) is 6.10 Å². The molecular formula is C13H18N4O2. The van der Waals surface area contributed by atoms with E-state index in [2.05, 4.69) is 15.2 Å². The van der Waals surface area contributed by atoms with Gasteiger partial charge < -0.3 is 15.6 Å². The van der Waals surface area contributed by atoms with Crippen LogP contribution >= 0.6 is 0 Å². The molecule has 1 unspecified atom stereocenters. The first kappa shape index (κ1) is 12.3. The number of anilines is 1. The summed E-state index contributed by atoms with van der Waals surface area (Å²) in [7, 11) is 0. The SMILES string of the molecule is OC1CCN(CCNc2nc3ccccc3n2O)C1.